The second-order valence-corrected chi connectivity index (χ2v) is 10.7. The van der Waals surface area contributed by atoms with Crippen molar-refractivity contribution in [3.8, 4) is 11.5 Å². The van der Waals surface area contributed by atoms with Crippen LogP contribution in [0, 0.1) is 10.1 Å². The Morgan fingerprint density at radius 3 is 2.13 bits per heavy atom. The first-order valence-electron chi connectivity index (χ1n) is 11.2. The first kappa shape index (κ1) is 27.9. The van der Waals surface area contributed by atoms with Crippen molar-refractivity contribution in [2.24, 2.45) is 5.73 Å². The maximum absolute atomic E-state index is 12.7. The molecule has 13 heteroatoms. The van der Waals surface area contributed by atoms with Gasteiger partial charge in [-0.05, 0) is 68.8 Å². The third-order valence-corrected chi connectivity index (χ3v) is 6.23. The summed E-state index contributed by atoms with van der Waals surface area (Å²) in [5, 5.41) is 13.5. The van der Waals surface area contributed by atoms with Crippen LogP contribution in [0.5, 0.6) is 11.5 Å². The number of amides is 2. The standard InChI is InChI=1S/C25H26N4O8S/c1-25(2,3)37-24(31)27-15-16-4-8-18(9-5-16)36-19-10-13-22(21(14-19)23(26)30)28-38(34,35)20-11-6-17(7-12-20)29(32)33/h4-14,28H,15H2,1-3H3,(H2,26,30)(H,27,31). The molecule has 0 atom stereocenters. The third kappa shape index (κ3) is 7.67. The van der Waals surface area contributed by atoms with Crippen LogP contribution in [0.25, 0.3) is 0 Å². The molecular formula is C25H26N4O8S. The first-order chi connectivity index (χ1) is 17.7. The van der Waals surface area contributed by atoms with Crippen LogP contribution in [0.4, 0.5) is 16.2 Å². The minimum atomic E-state index is -4.17. The molecule has 0 aliphatic carbocycles. The van der Waals surface area contributed by atoms with Crippen LogP contribution in [0.2, 0.25) is 0 Å². The Balaban J connectivity index is 1.71. The Labute approximate surface area is 219 Å². The van der Waals surface area contributed by atoms with E-state index in [0.29, 0.717) is 5.75 Å². The molecule has 0 unspecified atom stereocenters. The van der Waals surface area contributed by atoms with Crippen LogP contribution in [0.3, 0.4) is 0 Å². The third-order valence-electron chi connectivity index (χ3n) is 4.85. The summed E-state index contributed by atoms with van der Waals surface area (Å²) in [4.78, 5) is 33.8. The monoisotopic (exact) mass is 542 g/mol. The van der Waals surface area contributed by atoms with Crippen molar-refractivity contribution in [2.45, 2.75) is 37.8 Å². The molecule has 12 nitrogen and oxygen atoms in total. The highest BCUT2D eigenvalue weighted by Crippen LogP contribution is 2.28. The van der Waals surface area contributed by atoms with Gasteiger partial charge in [0.15, 0.2) is 0 Å². The predicted octanol–water partition coefficient (Wildman–Crippen LogP) is 4.31. The summed E-state index contributed by atoms with van der Waals surface area (Å²) in [7, 11) is -4.17. The molecule has 38 heavy (non-hydrogen) atoms. The predicted molar refractivity (Wildman–Crippen MR) is 138 cm³/mol. The van der Waals surface area contributed by atoms with E-state index in [0.717, 1.165) is 29.8 Å². The molecule has 0 heterocycles. The minimum Gasteiger partial charge on any atom is -0.457 e. The molecule has 0 bridgehead atoms. The van der Waals surface area contributed by atoms with E-state index >= 15 is 0 Å². The van der Waals surface area contributed by atoms with Crippen molar-refractivity contribution in [1.29, 1.82) is 0 Å². The number of carbonyl (C=O) groups is 2. The molecule has 4 N–H and O–H groups in total. The number of nitro benzene ring substituents is 1. The lowest BCUT2D eigenvalue weighted by molar-refractivity contribution is -0.384. The van der Waals surface area contributed by atoms with E-state index in [9.17, 15) is 28.1 Å². The van der Waals surface area contributed by atoms with Gasteiger partial charge in [0, 0.05) is 18.7 Å². The largest absolute Gasteiger partial charge is 0.457 e. The van der Waals surface area contributed by atoms with Crippen LogP contribution < -0.4 is 20.5 Å². The number of sulfonamides is 1. The number of hydrogen-bond donors (Lipinski definition) is 3. The van der Waals surface area contributed by atoms with E-state index in [4.69, 9.17) is 15.2 Å². The Hall–Kier alpha value is -4.65. The number of ether oxygens (including phenoxy) is 2. The molecule has 3 aromatic rings. The number of anilines is 1. The zero-order valence-corrected chi connectivity index (χ0v) is 21.6. The first-order valence-corrected chi connectivity index (χ1v) is 12.7. The van der Waals surface area contributed by atoms with Gasteiger partial charge in [-0.2, -0.15) is 0 Å². The quantitative estimate of drug-likeness (QED) is 0.264. The van der Waals surface area contributed by atoms with E-state index in [-0.39, 0.29) is 34.1 Å². The zero-order valence-electron chi connectivity index (χ0n) is 20.8. The molecule has 0 aromatic heterocycles. The van der Waals surface area contributed by atoms with E-state index < -0.39 is 32.5 Å². The molecule has 0 aliphatic rings. The number of rotatable bonds is 9. The van der Waals surface area contributed by atoms with Crippen molar-refractivity contribution in [1.82, 2.24) is 5.32 Å². The lowest BCUT2D eigenvalue weighted by Crippen LogP contribution is -2.32. The van der Waals surface area contributed by atoms with Crippen LogP contribution in [-0.4, -0.2) is 30.9 Å². The van der Waals surface area contributed by atoms with E-state index in [1.807, 2.05) is 0 Å². The molecule has 0 aliphatic heterocycles. The van der Waals surface area contributed by atoms with Crippen molar-refractivity contribution < 1.29 is 32.4 Å². The summed E-state index contributed by atoms with van der Waals surface area (Å²) in [6.45, 7) is 5.54. The summed E-state index contributed by atoms with van der Waals surface area (Å²) in [5.41, 5.74) is 5.13. The molecule has 0 radical (unpaired) electrons. The molecule has 3 rings (SSSR count). The van der Waals surface area contributed by atoms with Crippen LogP contribution in [0.15, 0.2) is 71.6 Å². The minimum absolute atomic E-state index is 0.0910. The Morgan fingerprint density at radius 1 is 0.974 bits per heavy atom. The Bertz CT molecular complexity index is 1450. The van der Waals surface area contributed by atoms with E-state index in [2.05, 4.69) is 10.0 Å². The van der Waals surface area contributed by atoms with Crippen molar-refractivity contribution in [2.75, 3.05) is 4.72 Å². The average molecular weight is 543 g/mol. The van der Waals surface area contributed by atoms with Crippen molar-refractivity contribution in [3.05, 3.63) is 88.0 Å². The van der Waals surface area contributed by atoms with Gasteiger partial charge in [-0.1, -0.05) is 12.1 Å². The SMILES string of the molecule is CC(C)(C)OC(=O)NCc1ccc(Oc2ccc(NS(=O)(=O)c3ccc([N+](=O)[O-])cc3)c(C(N)=O)c2)cc1. The van der Waals surface area contributed by atoms with E-state index in [1.54, 1.807) is 45.0 Å². The lowest BCUT2D eigenvalue weighted by atomic mass is 10.1. The van der Waals surface area contributed by atoms with Gasteiger partial charge in [-0.25, -0.2) is 13.2 Å². The molecule has 0 fully saturated rings. The molecule has 0 saturated heterocycles. The number of nitrogens with one attached hydrogen (secondary N) is 2. The fourth-order valence-corrected chi connectivity index (χ4v) is 4.21. The summed E-state index contributed by atoms with van der Waals surface area (Å²) >= 11 is 0. The molecular weight excluding hydrogens is 516 g/mol. The zero-order chi connectivity index (χ0) is 28.1. The van der Waals surface area contributed by atoms with Gasteiger partial charge in [-0.3, -0.25) is 19.6 Å². The highest BCUT2D eigenvalue weighted by molar-refractivity contribution is 7.92. The lowest BCUT2D eigenvalue weighted by Gasteiger charge is -2.19. The van der Waals surface area contributed by atoms with Gasteiger partial charge in [-0.15, -0.1) is 0 Å². The van der Waals surface area contributed by atoms with Crippen molar-refractivity contribution in [3.63, 3.8) is 0 Å². The maximum Gasteiger partial charge on any atom is 0.407 e. The van der Waals surface area contributed by atoms with Crippen molar-refractivity contribution >= 4 is 33.4 Å². The number of primary amides is 1. The maximum atomic E-state index is 12.7. The average Bonchev–Trinajstić information content (AvgIpc) is 2.83. The van der Waals surface area contributed by atoms with Crippen LogP contribution >= 0.6 is 0 Å². The number of non-ortho nitro benzene ring substituents is 1. The number of benzene rings is 3. The highest BCUT2D eigenvalue weighted by atomic mass is 32.2. The summed E-state index contributed by atoms with van der Waals surface area (Å²) in [6, 6.07) is 15.1. The van der Waals surface area contributed by atoms with Gasteiger partial charge in [0.05, 0.1) is 21.1 Å². The number of carbonyl (C=O) groups excluding carboxylic acids is 2. The van der Waals surface area contributed by atoms with Crippen LogP contribution in [0.1, 0.15) is 36.7 Å². The van der Waals surface area contributed by atoms with Gasteiger partial charge in [0.2, 0.25) is 0 Å². The highest BCUT2D eigenvalue weighted by Gasteiger charge is 2.20. The van der Waals surface area contributed by atoms with Gasteiger partial charge < -0.3 is 20.5 Å². The smallest absolute Gasteiger partial charge is 0.407 e. The van der Waals surface area contributed by atoms with Gasteiger partial charge in [0.25, 0.3) is 21.6 Å². The Kier molecular flexibility index (Phi) is 8.21. The topological polar surface area (TPSA) is 180 Å². The molecule has 0 saturated carbocycles. The van der Waals surface area contributed by atoms with Gasteiger partial charge >= 0.3 is 6.09 Å². The summed E-state index contributed by atoms with van der Waals surface area (Å²) < 4.78 is 38.7. The molecule has 200 valence electrons. The fraction of sp³-hybridized carbons (Fsp3) is 0.200. The Morgan fingerprint density at radius 2 is 1.58 bits per heavy atom. The number of nitrogens with two attached hydrogens (primary N) is 1. The fourth-order valence-electron chi connectivity index (χ4n) is 3.13. The normalized spacial score (nSPS) is 11.3. The van der Waals surface area contributed by atoms with E-state index in [1.165, 1.54) is 18.2 Å². The van der Waals surface area contributed by atoms with Gasteiger partial charge in [0.1, 0.15) is 17.1 Å². The second-order valence-electron chi connectivity index (χ2n) is 9.03. The van der Waals surface area contributed by atoms with Crippen LogP contribution in [-0.2, 0) is 21.3 Å². The molecule has 2 amide bonds. The number of nitrogens with zero attached hydrogens (tertiary/aromatic N) is 1. The second kappa shape index (κ2) is 11.2. The number of hydrogen-bond acceptors (Lipinski definition) is 8. The number of alkyl carbamates (subject to hydrolysis) is 1. The molecule has 3 aromatic carbocycles. The molecule has 0 spiro atoms. The summed E-state index contributed by atoms with van der Waals surface area (Å²) in [6.07, 6.45) is -0.541. The number of nitro groups is 1. The summed E-state index contributed by atoms with van der Waals surface area (Å²) in [5.74, 6) is -0.266.